The maximum atomic E-state index is 7.51. The van der Waals surface area contributed by atoms with Gasteiger partial charge in [0, 0.05) is 34.1 Å². The highest BCUT2D eigenvalue weighted by Crippen LogP contribution is 2.29. The van der Waals surface area contributed by atoms with Crippen LogP contribution in [0.15, 0.2) is 0 Å². The number of hydrogen-bond acceptors (Lipinski definition) is 2. The molecule has 1 atom stereocenters. The lowest BCUT2D eigenvalue weighted by molar-refractivity contribution is 0.232. The smallest absolute Gasteiger partial charge is 0.0441 e. The molecule has 0 amide bonds. The van der Waals surface area contributed by atoms with Crippen LogP contribution in [-0.4, -0.2) is 37.6 Å². The van der Waals surface area contributed by atoms with Crippen molar-refractivity contribution in [3.8, 4) is 0 Å². The lowest BCUT2D eigenvalue weighted by Gasteiger charge is -2.26. The van der Waals surface area contributed by atoms with E-state index >= 15 is 0 Å². The molecule has 1 heterocycles. The van der Waals surface area contributed by atoms with Gasteiger partial charge in [0.1, 0.15) is 0 Å². The first-order valence-electron chi connectivity index (χ1n) is 4.80. The Balaban J connectivity index is 1.73. The summed E-state index contributed by atoms with van der Waals surface area (Å²) in [5.41, 5.74) is 0. The van der Waals surface area contributed by atoms with Crippen LogP contribution in [0.5, 0.6) is 0 Å². The van der Waals surface area contributed by atoms with Crippen LogP contribution in [0.25, 0.3) is 0 Å². The van der Waals surface area contributed by atoms with Crippen LogP contribution in [0.4, 0.5) is 0 Å². The van der Waals surface area contributed by atoms with Crippen molar-refractivity contribution in [1.29, 1.82) is 0 Å². The molecule has 0 aromatic carbocycles. The Morgan fingerprint density at radius 1 is 1.50 bits per heavy atom. The van der Waals surface area contributed by atoms with E-state index in [-0.39, 0.29) is 6.52 Å². The van der Waals surface area contributed by atoms with Gasteiger partial charge in [-0.2, -0.15) is 0 Å². The van der Waals surface area contributed by atoms with Gasteiger partial charge < -0.3 is 10.2 Å². The summed E-state index contributed by atoms with van der Waals surface area (Å²) in [6.45, 7) is 4.28. The number of nitrogens with zero attached hydrogens (tertiary/aromatic N) is 1. The van der Waals surface area contributed by atoms with Crippen molar-refractivity contribution in [2.45, 2.75) is 12.8 Å². The molecule has 0 spiro atoms. The van der Waals surface area contributed by atoms with E-state index in [4.69, 9.17) is 1.37 Å². The maximum Gasteiger partial charge on any atom is 0.0441 e. The van der Waals surface area contributed by atoms with Crippen molar-refractivity contribution < 1.29 is 1.37 Å². The summed E-state index contributed by atoms with van der Waals surface area (Å²) < 4.78 is 7.51. The van der Waals surface area contributed by atoms with Crippen LogP contribution >= 0.6 is 0 Å². The fourth-order valence-corrected chi connectivity index (χ4v) is 1.44. The molecule has 58 valence electrons. The van der Waals surface area contributed by atoms with E-state index in [1.54, 1.807) is 0 Å². The second-order valence-electron chi connectivity index (χ2n) is 3.36. The normalized spacial score (nSPS) is 37.6. The molecule has 2 fully saturated rings. The molecule has 1 saturated heterocycles. The molecule has 0 aromatic heterocycles. The zero-order valence-corrected chi connectivity index (χ0v) is 6.34. The second-order valence-corrected chi connectivity index (χ2v) is 3.36. The van der Waals surface area contributed by atoms with Gasteiger partial charge in [-0.1, -0.05) is 0 Å². The van der Waals surface area contributed by atoms with Crippen molar-refractivity contribution in [3.63, 3.8) is 0 Å². The van der Waals surface area contributed by atoms with E-state index in [2.05, 4.69) is 10.2 Å². The van der Waals surface area contributed by atoms with Crippen LogP contribution in [0.3, 0.4) is 0 Å². The molecular weight excluding hydrogens is 124 g/mol. The van der Waals surface area contributed by atoms with Crippen molar-refractivity contribution in [2.24, 2.45) is 5.92 Å². The van der Waals surface area contributed by atoms with E-state index in [0.29, 0.717) is 0 Å². The number of rotatable bonds is 2. The minimum atomic E-state index is -0.0394. The molecular formula is C8H16N2. The third kappa shape index (κ3) is 1.70. The summed E-state index contributed by atoms with van der Waals surface area (Å²) in [7, 11) is 0. The van der Waals surface area contributed by atoms with Crippen LogP contribution in [-0.2, 0) is 0 Å². The second kappa shape index (κ2) is 2.89. The number of hydrogen-bond donors (Lipinski definition) is 1. The molecule has 1 unspecified atom stereocenters. The first-order chi connectivity index (χ1) is 5.34. The standard InChI is InChI=1S/C8H16N2/c1-2-8(1)7-10-5-3-9-4-6-10/h8-9H,1-7H2/i3D. The number of nitrogens with one attached hydrogen (secondary N) is 1. The van der Waals surface area contributed by atoms with Gasteiger partial charge in [0.25, 0.3) is 0 Å². The van der Waals surface area contributed by atoms with E-state index < -0.39 is 0 Å². The van der Waals surface area contributed by atoms with Crippen LogP contribution in [0.2, 0.25) is 0 Å². The Hall–Kier alpha value is -0.0800. The summed E-state index contributed by atoms with van der Waals surface area (Å²) in [5.74, 6) is 0.972. The van der Waals surface area contributed by atoms with E-state index in [0.717, 1.165) is 25.6 Å². The van der Waals surface area contributed by atoms with Gasteiger partial charge in [0.05, 0.1) is 0 Å². The Morgan fingerprint density at radius 2 is 2.40 bits per heavy atom. The quantitative estimate of drug-likeness (QED) is 0.595. The van der Waals surface area contributed by atoms with Gasteiger partial charge in [-0.05, 0) is 18.8 Å². The van der Waals surface area contributed by atoms with Crippen LogP contribution in [0.1, 0.15) is 14.2 Å². The summed E-state index contributed by atoms with van der Waals surface area (Å²) in [6.07, 6.45) is 2.85. The van der Waals surface area contributed by atoms with Crippen molar-refractivity contribution in [3.05, 3.63) is 0 Å². The average Bonchev–Trinajstić information content (AvgIpc) is 2.71. The molecule has 2 heteroatoms. The Kier molecular flexibility index (Phi) is 1.60. The summed E-state index contributed by atoms with van der Waals surface area (Å²) >= 11 is 0. The van der Waals surface area contributed by atoms with Crippen LogP contribution < -0.4 is 5.32 Å². The molecule has 0 aromatic rings. The fourth-order valence-electron chi connectivity index (χ4n) is 1.44. The molecule has 1 N–H and O–H groups in total. The van der Waals surface area contributed by atoms with Crippen LogP contribution in [0, 0.1) is 5.92 Å². The highest BCUT2D eigenvalue weighted by Gasteiger charge is 2.24. The van der Waals surface area contributed by atoms with E-state index in [9.17, 15) is 0 Å². The van der Waals surface area contributed by atoms with Gasteiger partial charge in [-0.15, -0.1) is 0 Å². The zero-order valence-electron chi connectivity index (χ0n) is 7.34. The first kappa shape index (κ1) is 5.56. The first-order valence-corrected chi connectivity index (χ1v) is 4.22. The van der Waals surface area contributed by atoms with Crippen molar-refractivity contribution in [2.75, 3.05) is 32.7 Å². The Morgan fingerprint density at radius 3 is 3.10 bits per heavy atom. The Labute approximate surface area is 64.0 Å². The molecule has 0 bridgehead atoms. The van der Waals surface area contributed by atoms with Gasteiger partial charge in [0.15, 0.2) is 0 Å². The third-order valence-electron chi connectivity index (χ3n) is 2.28. The highest BCUT2D eigenvalue weighted by atomic mass is 15.2. The highest BCUT2D eigenvalue weighted by molar-refractivity contribution is 4.79. The third-order valence-corrected chi connectivity index (χ3v) is 2.28. The van der Waals surface area contributed by atoms with Gasteiger partial charge in [-0.3, -0.25) is 0 Å². The summed E-state index contributed by atoms with van der Waals surface area (Å²) in [6, 6.07) is 0. The zero-order chi connectivity index (χ0) is 7.68. The van der Waals surface area contributed by atoms with Crippen molar-refractivity contribution >= 4 is 0 Å². The molecule has 1 saturated carbocycles. The predicted octanol–water partition coefficient (Wildman–Crippen LogP) is 0.302. The maximum absolute atomic E-state index is 7.51. The molecule has 2 rings (SSSR count). The van der Waals surface area contributed by atoms with Crippen molar-refractivity contribution in [1.82, 2.24) is 10.2 Å². The van der Waals surface area contributed by atoms with Gasteiger partial charge in [-0.25, -0.2) is 0 Å². The number of piperazine rings is 1. The minimum absolute atomic E-state index is 0.0394. The largest absolute Gasteiger partial charge is 0.314 e. The summed E-state index contributed by atoms with van der Waals surface area (Å²) in [4.78, 5) is 2.42. The monoisotopic (exact) mass is 141 g/mol. The molecule has 2 nitrogen and oxygen atoms in total. The minimum Gasteiger partial charge on any atom is -0.314 e. The average molecular weight is 141 g/mol. The topological polar surface area (TPSA) is 15.3 Å². The molecule has 1 aliphatic heterocycles. The van der Waals surface area contributed by atoms with Gasteiger partial charge in [0.2, 0.25) is 0 Å². The predicted molar refractivity (Wildman–Crippen MR) is 42.0 cm³/mol. The lowest BCUT2D eigenvalue weighted by Crippen LogP contribution is -2.44. The Bertz CT molecular complexity index is 134. The van der Waals surface area contributed by atoms with Gasteiger partial charge >= 0.3 is 0 Å². The fraction of sp³-hybridized carbons (Fsp3) is 1.00. The molecule has 10 heavy (non-hydrogen) atoms. The summed E-state index contributed by atoms with van der Waals surface area (Å²) in [5, 5.41) is 3.13. The lowest BCUT2D eigenvalue weighted by atomic mass is 10.3. The molecule has 0 radical (unpaired) electrons. The van der Waals surface area contributed by atoms with E-state index in [1.165, 1.54) is 19.4 Å². The SMILES string of the molecule is [2H]C1CN(CC2CC2)CCN1. The van der Waals surface area contributed by atoms with E-state index in [1.807, 2.05) is 0 Å². The molecule has 1 aliphatic carbocycles. The molecule has 2 aliphatic rings.